The first-order valence-corrected chi connectivity index (χ1v) is 3.80. The molecule has 0 spiro atoms. The van der Waals surface area contributed by atoms with E-state index in [9.17, 15) is 5.11 Å². The molecule has 64 valence electrons. The Kier molecular flexibility index (Phi) is 2.09. The highest BCUT2D eigenvalue weighted by Crippen LogP contribution is 2.26. The van der Waals surface area contributed by atoms with Gasteiger partial charge in [-0.25, -0.2) is 0 Å². The molecule has 0 aliphatic carbocycles. The number of aliphatic hydroxyl groups is 1. The van der Waals surface area contributed by atoms with Gasteiger partial charge in [-0.3, -0.25) is 0 Å². The summed E-state index contributed by atoms with van der Waals surface area (Å²) >= 11 is 0. The van der Waals surface area contributed by atoms with Gasteiger partial charge >= 0.3 is 0 Å². The van der Waals surface area contributed by atoms with E-state index >= 15 is 0 Å². The molecule has 1 aliphatic rings. The Hall–Kier alpha value is -0.700. The minimum Gasteiger partial charge on any atom is -0.457 e. The van der Waals surface area contributed by atoms with Gasteiger partial charge in [-0.2, -0.15) is 0 Å². The summed E-state index contributed by atoms with van der Waals surface area (Å²) in [5.74, 6) is -0.0802. The van der Waals surface area contributed by atoms with Crippen molar-refractivity contribution in [2.75, 3.05) is 0 Å². The summed E-state index contributed by atoms with van der Waals surface area (Å²) < 4.78 is 10.4. The highest BCUT2D eigenvalue weighted by atomic mass is 16.7. The molecule has 0 fully saturated rings. The van der Waals surface area contributed by atoms with Crippen LogP contribution in [0.3, 0.4) is 0 Å². The van der Waals surface area contributed by atoms with Crippen molar-refractivity contribution in [3.05, 3.63) is 12.0 Å². The fourth-order valence-electron chi connectivity index (χ4n) is 0.880. The number of ether oxygens (including phenoxy) is 2. The summed E-state index contributed by atoms with van der Waals surface area (Å²) in [6.45, 7) is 5.50. The van der Waals surface area contributed by atoms with Crippen molar-refractivity contribution in [1.82, 2.24) is 0 Å². The van der Waals surface area contributed by atoms with Gasteiger partial charge in [0.1, 0.15) is 12.4 Å². The highest BCUT2D eigenvalue weighted by molar-refractivity contribution is 5.00. The third-order valence-electron chi connectivity index (χ3n) is 1.54. The standard InChI is InChI=1S/C8H14O3/c1-4-6(9)7-5-10-8(2,3)11-7/h5-6,9H,4H2,1-3H3/t6-/m1/s1. The molecule has 0 saturated heterocycles. The van der Waals surface area contributed by atoms with Crippen molar-refractivity contribution in [1.29, 1.82) is 0 Å². The van der Waals surface area contributed by atoms with Crippen molar-refractivity contribution in [2.24, 2.45) is 0 Å². The summed E-state index contributed by atoms with van der Waals surface area (Å²) in [7, 11) is 0. The second-order valence-corrected chi connectivity index (χ2v) is 3.06. The predicted octanol–water partition coefficient (Wildman–Crippen LogP) is 1.38. The van der Waals surface area contributed by atoms with Crippen LogP contribution < -0.4 is 0 Å². The van der Waals surface area contributed by atoms with Crippen molar-refractivity contribution >= 4 is 0 Å². The maximum Gasteiger partial charge on any atom is 0.244 e. The summed E-state index contributed by atoms with van der Waals surface area (Å²) in [6.07, 6.45) is 1.59. The van der Waals surface area contributed by atoms with E-state index in [2.05, 4.69) is 0 Å². The number of hydrogen-bond acceptors (Lipinski definition) is 3. The van der Waals surface area contributed by atoms with Crippen molar-refractivity contribution < 1.29 is 14.6 Å². The average molecular weight is 158 g/mol. The van der Waals surface area contributed by atoms with Gasteiger partial charge in [0.2, 0.25) is 5.79 Å². The summed E-state index contributed by atoms with van der Waals surface area (Å²) in [6, 6.07) is 0. The van der Waals surface area contributed by atoms with Gasteiger partial charge in [0.05, 0.1) is 0 Å². The minimum atomic E-state index is -0.606. The smallest absolute Gasteiger partial charge is 0.244 e. The lowest BCUT2D eigenvalue weighted by molar-refractivity contribution is -0.124. The third-order valence-corrected chi connectivity index (χ3v) is 1.54. The van der Waals surface area contributed by atoms with Crippen LogP contribution in [0.4, 0.5) is 0 Å². The van der Waals surface area contributed by atoms with Crippen LogP contribution in [0.1, 0.15) is 27.2 Å². The predicted molar refractivity (Wildman–Crippen MR) is 40.6 cm³/mol. The lowest BCUT2D eigenvalue weighted by Gasteiger charge is -2.19. The van der Waals surface area contributed by atoms with Gasteiger partial charge in [0.15, 0.2) is 5.76 Å². The van der Waals surface area contributed by atoms with E-state index in [-0.39, 0.29) is 0 Å². The zero-order chi connectivity index (χ0) is 8.48. The first kappa shape index (κ1) is 8.40. The number of hydrogen-bond donors (Lipinski definition) is 1. The Morgan fingerprint density at radius 1 is 1.64 bits per heavy atom. The molecular weight excluding hydrogens is 144 g/mol. The summed E-state index contributed by atoms with van der Waals surface area (Å²) in [5, 5.41) is 9.32. The van der Waals surface area contributed by atoms with Crippen LogP contribution in [0, 0.1) is 0 Å². The quantitative estimate of drug-likeness (QED) is 0.659. The van der Waals surface area contributed by atoms with Crippen LogP contribution in [0.5, 0.6) is 0 Å². The molecule has 0 unspecified atom stereocenters. The molecule has 1 aliphatic heterocycles. The van der Waals surface area contributed by atoms with Crippen LogP contribution in [-0.4, -0.2) is 17.0 Å². The van der Waals surface area contributed by atoms with Gasteiger partial charge in [0, 0.05) is 13.8 Å². The lowest BCUT2D eigenvalue weighted by Crippen LogP contribution is -2.22. The van der Waals surface area contributed by atoms with Crippen LogP contribution in [0.2, 0.25) is 0 Å². The monoisotopic (exact) mass is 158 g/mol. The average Bonchev–Trinajstić information content (AvgIpc) is 2.29. The Balaban J connectivity index is 2.52. The van der Waals surface area contributed by atoms with E-state index in [0.29, 0.717) is 12.2 Å². The Labute approximate surface area is 66.6 Å². The zero-order valence-electron chi connectivity index (χ0n) is 7.13. The maximum atomic E-state index is 9.32. The van der Waals surface area contributed by atoms with E-state index in [4.69, 9.17) is 9.47 Å². The van der Waals surface area contributed by atoms with Gasteiger partial charge in [-0.05, 0) is 6.42 Å². The summed E-state index contributed by atoms with van der Waals surface area (Å²) in [4.78, 5) is 0. The van der Waals surface area contributed by atoms with E-state index < -0.39 is 11.9 Å². The van der Waals surface area contributed by atoms with Crippen LogP contribution in [0.25, 0.3) is 0 Å². The molecule has 0 radical (unpaired) electrons. The molecule has 0 aromatic carbocycles. The topological polar surface area (TPSA) is 38.7 Å². The van der Waals surface area contributed by atoms with E-state index in [1.54, 1.807) is 13.8 Å². The maximum absolute atomic E-state index is 9.32. The molecule has 0 aromatic heterocycles. The number of rotatable bonds is 2. The van der Waals surface area contributed by atoms with Crippen LogP contribution in [0.15, 0.2) is 12.0 Å². The van der Waals surface area contributed by atoms with E-state index in [1.807, 2.05) is 6.92 Å². The minimum absolute atomic E-state index is 0.525. The third kappa shape index (κ3) is 1.87. The molecule has 1 N–H and O–H groups in total. The molecule has 0 amide bonds. The first-order valence-electron chi connectivity index (χ1n) is 3.80. The Morgan fingerprint density at radius 2 is 2.27 bits per heavy atom. The zero-order valence-corrected chi connectivity index (χ0v) is 7.13. The van der Waals surface area contributed by atoms with Gasteiger partial charge < -0.3 is 14.6 Å². The molecule has 3 nitrogen and oxygen atoms in total. The van der Waals surface area contributed by atoms with Gasteiger partial charge in [0.25, 0.3) is 0 Å². The first-order chi connectivity index (χ1) is 5.05. The Bertz CT molecular complexity index is 172. The van der Waals surface area contributed by atoms with Crippen LogP contribution >= 0.6 is 0 Å². The van der Waals surface area contributed by atoms with Crippen molar-refractivity contribution in [3.8, 4) is 0 Å². The largest absolute Gasteiger partial charge is 0.457 e. The van der Waals surface area contributed by atoms with Crippen molar-refractivity contribution in [3.63, 3.8) is 0 Å². The highest BCUT2D eigenvalue weighted by Gasteiger charge is 2.30. The molecule has 1 heterocycles. The fraction of sp³-hybridized carbons (Fsp3) is 0.750. The second kappa shape index (κ2) is 2.74. The molecule has 1 atom stereocenters. The molecule has 1 rings (SSSR count). The normalized spacial score (nSPS) is 23.5. The van der Waals surface area contributed by atoms with Crippen LogP contribution in [-0.2, 0) is 9.47 Å². The fourth-order valence-corrected chi connectivity index (χ4v) is 0.880. The lowest BCUT2D eigenvalue weighted by atomic mass is 10.2. The second-order valence-electron chi connectivity index (χ2n) is 3.06. The van der Waals surface area contributed by atoms with Crippen molar-refractivity contribution in [2.45, 2.75) is 39.1 Å². The summed E-state index contributed by atoms with van der Waals surface area (Å²) in [5.41, 5.74) is 0. The molecule has 0 bridgehead atoms. The molecular formula is C8H14O3. The molecule has 11 heavy (non-hydrogen) atoms. The molecule has 3 heteroatoms. The Morgan fingerprint density at radius 3 is 2.64 bits per heavy atom. The molecule has 0 aromatic rings. The van der Waals surface area contributed by atoms with E-state index in [0.717, 1.165) is 0 Å². The number of aliphatic hydroxyl groups excluding tert-OH is 1. The van der Waals surface area contributed by atoms with Gasteiger partial charge in [-0.1, -0.05) is 6.92 Å². The SMILES string of the molecule is CC[C@@H](O)C1=COC(C)(C)O1. The molecule has 0 saturated carbocycles. The van der Waals surface area contributed by atoms with E-state index in [1.165, 1.54) is 6.26 Å². The van der Waals surface area contributed by atoms with Gasteiger partial charge in [-0.15, -0.1) is 0 Å².